The first-order valence-corrected chi connectivity index (χ1v) is 6.67. The maximum Gasteiger partial charge on any atom is 0.178 e. The van der Waals surface area contributed by atoms with Gasteiger partial charge < -0.3 is 9.55 Å². The lowest BCUT2D eigenvalue weighted by atomic mass is 10.1. The molecule has 0 fully saturated rings. The lowest BCUT2D eigenvalue weighted by Crippen LogP contribution is -2.08. The van der Waals surface area contributed by atoms with Crippen molar-refractivity contribution in [3.8, 4) is 6.07 Å². The average Bonchev–Trinajstić information content (AvgIpc) is 2.83. The molecule has 0 aliphatic heterocycles. The molecular weight excluding hydrogens is 268 g/mol. The Morgan fingerprint density at radius 3 is 2.85 bits per heavy atom. The van der Waals surface area contributed by atoms with Crippen LogP contribution in [0, 0.1) is 16.1 Å². The number of hydrogen-bond donors (Lipinski definition) is 1. The number of para-hydroxylation sites is 1. The highest BCUT2D eigenvalue weighted by Gasteiger charge is 2.15. The van der Waals surface area contributed by atoms with Crippen LogP contribution in [-0.2, 0) is 0 Å². The van der Waals surface area contributed by atoms with Crippen LogP contribution >= 0.6 is 12.2 Å². The fourth-order valence-electron chi connectivity index (χ4n) is 2.38. The average molecular weight is 280 g/mol. The molecule has 98 valence electrons. The van der Waals surface area contributed by atoms with E-state index < -0.39 is 0 Å². The van der Waals surface area contributed by atoms with Gasteiger partial charge in [-0.15, -0.1) is 0 Å². The fraction of sp³-hybridized carbons (Fsp3) is 0.133. The second-order valence-corrected chi connectivity index (χ2v) is 4.93. The van der Waals surface area contributed by atoms with Crippen LogP contribution in [-0.4, -0.2) is 14.5 Å². The van der Waals surface area contributed by atoms with Gasteiger partial charge in [-0.1, -0.05) is 12.1 Å². The molecule has 1 atom stereocenters. The summed E-state index contributed by atoms with van der Waals surface area (Å²) in [6.45, 7) is 2.05. The molecule has 0 aliphatic rings. The van der Waals surface area contributed by atoms with Crippen LogP contribution in [0.5, 0.6) is 0 Å². The van der Waals surface area contributed by atoms with Crippen LogP contribution in [0.25, 0.3) is 11.0 Å². The lowest BCUT2D eigenvalue weighted by Gasteiger charge is -2.13. The summed E-state index contributed by atoms with van der Waals surface area (Å²) in [7, 11) is 0. The molecule has 2 aromatic heterocycles. The summed E-state index contributed by atoms with van der Waals surface area (Å²) in [5.41, 5.74) is 3.24. The van der Waals surface area contributed by atoms with Crippen molar-refractivity contribution in [1.29, 1.82) is 5.26 Å². The molecule has 0 spiro atoms. The van der Waals surface area contributed by atoms with Crippen molar-refractivity contribution < 1.29 is 0 Å². The van der Waals surface area contributed by atoms with E-state index in [0.717, 1.165) is 16.7 Å². The minimum atomic E-state index is 0.00592. The molecule has 0 bridgehead atoms. The molecule has 4 nitrogen and oxygen atoms in total. The fourth-order valence-corrected chi connectivity index (χ4v) is 2.74. The van der Waals surface area contributed by atoms with Crippen molar-refractivity contribution in [3.63, 3.8) is 0 Å². The minimum Gasteiger partial charge on any atom is -0.329 e. The van der Waals surface area contributed by atoms with Gasteiger partial charge in [0.1, 0.15) is 6.07 Å². The van der Waals surface area contributed by atoms with Crippen molar-refractivity contribution in [2.24, 2.45) is 0 Å². The number of aromatic amines is 1. The summed E-state index contributed by atoms with van der Waals surface area (Å²) >= 11 is 5.41. The first-order chi connectivity index (χ1) is 9.72. The van der Waals surface area contributed by atoms with Gasteiger partial charge in [0.2, 0.25) is 0 Å². The number of benzene rings is 1. The molecule has 0 aliphatic carbocycles. The quantitative estimate of drug-likeness (QED) is 0.730. The highest BCUT2D eigenvalue weighted by atomic mass is 32.1. The van der Waals surface area contributed by atoms with Crippen LogP contribution in [0.4, 0.5) is 0 Å². The molecule has 3 aromatic rings. The molecule has 20 heavy (non-hydrogen) atoms. The number of H-pyrrole nitrogens is 1. The maximum absolute atomic E-state index is 9.17. The number of nitrogens with one attached hydrogen (secondary N) is 1. The lowest BCUT2D eigenvalue weighted by molar-refractivity contribution is 0.630. The van der Waals surface area contributed by atoms with E-state index in [1.54, 1.807) is 12.3 Å². The van der Waals surface area contributed by atoms with E-state index in [-0.39, 0.29) is 6.04 Å². The van der Waals surface area contributed by atoms with Crippen molar-refractivity contribution in [2.45, 2.75) is 13.0 Å². The number of fused-ring (bicyclic) bond motifs is 1. The summed E-state index contributed by atoms with van der Waals surface area (Å²) in [5.74, 6) is 0. The molecule has 5 heteroatoms. The van der Waals surface area contributed by atoms with Crippen molar-refractivity contribution in [1.82, 2.24) is 14.5 Å². The van der Waals surface area contributed by atoms with Crippen LogP contribution in [0.2, 0.25) is 0 Å². The highest BCUT2D eigenvalue weighted by molar-refractivity contribution is 7.71. The van der Waals surface area contributed by atoms with Gasteiger partial charge in [0, 0.05) is 6.20 Å². The molecule has 3 rings (SSSR count). The Hall–Kier alpha value is -2.45. The van der Waals surface area contributed by atoms with E-state index >= 15 is 0 Å². The van der Waals surface area contributed by atoms with Gasteiger partial charge in [-0.2, -0.15) is 5.26 Å². The van der Waals surface area contributed by atoms with E-state index in [1.165, 1.54) is 0 Å². The van der Waals surface area contributed by atoms with Gasteiger partial charge in [-0.25, -0.2) is 0 Å². The Labute approximate surface area is 121 Å². The van der Waals surface area contributed by atoms with E-state index in [1.807, 2.05) is 41.8 Å². The topological polar surface area (TPSA) is 57.4 Å². The smallest absolute Gasteiger partial charge is 0.178 e. The molecule has 0 amide bonds. The zero-order chi connectivity index (χ0) is 14.1. The summed E-state index contributed by atoms with van der Waals surface area (Å²) in [6, 6.07) is 13.6. The van der Waals surface area contributed by atoms with Gasteiger partial charge in [0.25, 0.3) is 0 Å². The van der Waals surface area contributed by atoms with Crippen LogP contribution in [0.1, 0.15) is 24.2 Å². The molecular formula is C15H12N4S. The van der Waals surface area contributed by atoms with Crippen molar-refractivity contribution >= 4 is 23.3 Å². The summed E-state index contributed by atoms with van der Waals surface area (Å²) in [4.78, 5) is 7.50. The zero-order valence-electron chi connectivity index (χ0n) is 10.9. The molecule has 0 saturated heterocycles. The summed E-state index contributed by atoms with van der Waals surface area (Å²) in [5, 5.41) is 9.17. The third kappa shape index (κ3) is 1.91. The van der Waals surface area contributed by atoms with E-state index in [2.05, 4.69) is 16.0 Å². The van der Waals surface area contributed by atoms with Crippen LogP contribution in [0.15, 0.2) is 42.6 Å². The number of nitrogens with zero attached hydrogens (tertiary/aromatic N) is 3. The molecule has 1 N–H and O–H groups in total. The number of hydrogen-bond acceptors (Lipinski definition) is 3. The maximum atomic E-state index is 9.17. The Morgan fingerprint density at radius 1 is 1.30 bits per heavy atom. The normalized spacial score (nSPS) is 12.2. The number of imidazole rings is 1. The highest BCUT2D eigenvalue weighted by Crippen LogP contribution is 2.24. The Balaban J connectivity index is 2.25. The van der Waals surface area contributed by atoms with Crippen molar-refractivity contribution in [2.75, 3.05) is 0 Å². The predicted molar refractivity (Wildman–Crippen MR) is 79.9 cm³/mol. The Morgan fingerprint density at radius 2 is 2.15 bits per heavy atom. The Bertz CT molecular complexity index is 855. The third-order valence-corrected chi connectivity index (χ3v) is 3.68. The number of nitriles is 1. The molecule has 1 unspecified atom stereocenters. The third-order valence-electron chi connectivity index (χ3n) is 3.38. The number of aromatic nitrogens is 3. The van der Waals surface area contributed by atoms with E-state index in [4.69, 9.17) is 17.5 Å². The molecule has 2 heterocycles. The van der Waals surface area contributed by atoms with E-state index in [9.17, 15) is 0 Å². The van der Waals surface area contributed by atoms with Gasteiger partial charge in [0.15, 0.2) is 4.77 Å². The van der Waals surface area contributed by atoms with Crippen LogP contribution < -0.4 is 0 Å². The standard InChI is InChI=1S/C15H12N4S/c1-10(12-6-2-3-8-17-12)19-13-7-4-5-11(9-16)14(13)18-15(19)20/h2-8,10H,1H3,(H,18,20). The summed E-state index contributed by atoms with van der Waals surface area (Å²) in [6.07, 6.45) is 1.77. The first kappa shape index (κ1) is 12.6. The van der Waals surface area contributed by atoms with Gasteiger partial charge >= 0.3 is 0 Å². The molecule has 0 radical (unpaired) electrons. The largest absolute Gasteiger partial charge is 0.329 e. The SMILES string of the molecule is CC(c1ccccn1)n1c(=S)[nH]c2c(C#N)cccc21. The monoisotopic (exact) mass is 280 g/mol. The van der Waals surface area contributed by atoms with Gasteiger partial charge in [-0.05, 0) is 43.4 Å². The zero-order valence-corrected chi connectivity index (χ0v) is 11.7. The van der Waals surface area contributed by atoms with Crippen molar-refractivity contribution in [3.05, 3.63) is 58.6 Å². The second-order valence-electron chi connectivity index (χ2n) is 4.54. The molecule has 1 aromatic carbocycles. The minimum absolute atomic E-state index is 0.00592. The summed E-state index contributed by atoms with van der Waals surface area (Å²) < 4.78 is 2.59. The predicted octanol–water partition coefficient (Wildman–Crippen LogP) is 3.57. The van der Waals surface area contributed by atoms with Crippen LogP contribution in [0.3, 0.4) is 0 Å². The Kier molecular flexibility index (Phi) is 3.09. The van der Waals surface area contributed by atoms with Gasteiger partial charge in [0.05, 0.1) is 28.3 Å². The first-order valence-electron chi connectivity index (χ1n) is 6.26. The second kappa shape index (κ2) is 4.91. The number of rotatable bonds is 2. The molecule has 0 saturated carbocycles. The number of pyridine rings is 1. The van der Waals surface area contributed by atoms with Gasteiger partial charge in [-0.3, -0.25) is 4.98 Å². The van der Waals surface area contributed by atoms with E-state index in [0.29, 0.717) is 10.3 Å².